The normalized spacial score (nSPS) is 79.3. The Morgan fingerprint density at radius 1 is 0.938 bits per heavy atom. The van der Waals surface area contributed by atoms with Crippen molar-refractivity contribution in [1.29, 1.82) is 0 Å². The van der Waals surface area contributed by atoms with Crippen LogP contribution in [-0.4, -0.2) is 15.5 Å². The third-order valence-corrected chi connectivity index (χ3v) is 8.03. The molecular weight excluding hydrogens is 266 g/mol. The van der Waals surface area contributed by atoms with E-state index >= 15 is 0 Å². The van der Waals surface area contributed by atoms with Gasteiger partial charge in [-0.2, -0.15) is 0 Å². The standard InChI is InChI=1S/C12H11Cl3O/c13-12(14,15)11-8-3-1-2-4-5(3)9(11)7(4)10(16-11)6(2)8/h2-10H,1H2/t2-,3+,4-,5-,6+,7-,8+,9+,10+,11+/m0/s1. The molecule has 86 valence electrons. The predicted octanol–water partition coefficient (Wildman–Crippen LogP) is 2.88. The zero-order valence-corrected chi connectivity index (χ0v) is 10.7. The summed E-state index contributed by atoms with van der Waals surface area (Å²) in [7, 11) is 0. The molecule has 7 rings (SSSR count). The van der Waals surface area contributed by atoms with Crippen LogP contribution in [0, 0.1) is 47.3 Å². The van der Waals surface area contributed by atoms with Crippen LogP contribution < -0.4 is 0 Å². The van der Waals surface area contributed by atoms with Gasteiger partial charge < -0.3 is 4.74 Å². The highest BCUT2D eigenvalue weighted by molar-refractivity contribution is 6.68. The van der Waals surface area contributed by atoms with Gasteiger partial charge in [-0.1, -0.05) is 34.8 Å². The summed E-state index contributed by atoms with van der Waals surface area (Å²) in [5.74, 6) is 6.28. The quantitative estimate of drug-likeness (QED) is 0.619. The average Bonchev–Trinajstić information content (AvgIpc) is 2.68. The summed E-state index contributed by atoms with van der Waals surface area (Å²) in [4.78, 5) is 0. The first kappa shape index (κ1) is 8.85. The number of alkyl halides is 3. The van der Waals surface area contributed by atoms with Crippen molar-refractivity contribution in [3.63, 3.8) is 0 Å². The second-order valence-corrected chi connectivity index (χ2v) is 9.08. The van der Waals surface area contributed by atoms with Crippen molar-refractivity contribution in [3.05, 3.63) is 0 Å². The lowest BCUT2D eigenvalue weighted by Gasteiger charge is -2.47. The van der Waals surface area contributed by atoms with E-state index in [4.69, 9.17) is 39.5 Å². The van der Waals surface area contributed by atoms with Crippen LogP contribution in [0.15, 0.2) is 0 Å². The Morgan fingerprint density at radius 2 is 1.75 bits per heavy atom. The fourth-order valence-corrected chi connectivity index (χ4v) is 8.35. The van der Waals surface area contributed by atoms with Crippen molar-refractivity contribution < 1.29 is 4.74 Å². The second-order valence-electron chi connectivity index (χ2n) is 6.80. The molecule has 7 aliphatic rings. The molecule has 2 heterocycles. The van der Waals surface area contributed by atoms with E-state index < -0.39 is 3.79 Å². The zero-order valence-electron chi connectivity index (χ0n) is 8.45. The van der Waals surface area contributed by atoms with E-state index in [2.05, 4.69) is 0 Å². The molecule has 0 aromatic rings. The lowest BCUT2D eigenvalue weighted by molar-refractivity contribution is -0.0275. The number of hydrogen-bond donors (Lipinski definition) is 0. The fraction of sp³-hybridized carbons (Fsp3) is 1.00. The topological polar surface area (TPSA) is 9.23 Å². The van der Waals surface area contributed by atoms with Gasteiger partial charge in [0.05, 0.1) is 6.10 Å². The van der Waals surface area contributed by atoms with Gasteiger partial charge in [0, 0.05) is 11.8 Å². The molecule has 7 fully saturated rings. The van der Waals surface area contributed by atoms with E-state index in [0.29, 0.717) is 17.9 Å². The molecule has 0 radical (unpaired) electrons. The molecule has 1 nitrogen and oxygen atoms in total. The minimum absolute atomic E-state index is 0.380. The molecule has 0 aromatic carbocycles. The third-order valence-electron chi connectivity index (χ3n) is 7.14. The fourth-order valence-electron chi connectivity index (χ4n) is 7.46. The highest BCUT2D eigenvalue weighted by Crippen LogP contribution is 2.92. The summed E-state index contributed by atoms with van der Waals surface area (Å²) in [5, 5.41) is 0. The summed E-state index contributed by atoms with van der Waals surface area (Å²) < 4.78 is 5.12. The molecule has 0 unspecified atom stereocenters. The largest absolute Gasteiger partial charge is 0.366 e. The van der Waals surface area contributed by atoms with Gasteiger partial charge in [0.15, 0.2) is 0 Å². The monoisotopic (exact) mass is 276 g/mol. The molecule has 2 aliphatic heterocycles. The Labute approximate surface area is 109 Å². The maximum Gasteiger partial charge on any atom is 0.219 e. The number of rotatable bonds is 0. The van der Waals surface area contributed by atoms with Crippen LogP contribution in [0.4, 0.5) is 0 Å². The summed E-state index contributed by atoms with van der Waals surface area (Å²) >= 11 is 18.9. The molecular formula is C12H11Cl3O. The highest BCUT2D eigenvalue weighted by atomic mass is 35.6. The molecule has 0 spiro atoms. The summed E-state index contributed by atoms with van der Waals surface area (Å²) in [6, 6.07) is 0. The van der Waals surface area contributed by atoms with E-state index in [9.17, 15) is 0 Å². The van der Waals surface area contributed by atoms with E-state index in [0.717, 1.165) is 35.5 Å². The van der Waals surface area contributed by atoms with Crippen molar-refractivity contribution in [2.75, 3.05) is 0 Å². The predicted molar refractivity (Wildman–Crippen MR) is 60.4 cm³/mol. The molecule has 5 saturated carbocycles. The highest BCUT2D eigenvalue weighted by Gasteiger charge is 2.95. The van der Waals surface area contributed by atoms with Gasteiger partial charge in [-0.05, 0) is 41.9 Å². The molecule has 0 N–H and O–H groups in total. The van der Waals surface area contributed by atoms with E-state index in [-0.39, 0.29) is 5.60 Å². The van der Waals surface area contributed by atoms with Crippen LogP contribution in [0.1, 0.15) is 6.42 Å². The van der Waals surface area contributed by atoms with Crippen molar-refractivity contribution >= 4 is 34.8 Å². The van der Waals surface area contributed by atoms with Gasteiger partial charge in [-0.15, -0.1) is 0 Å². The smallest absolute Gasteiger partial charge is 0.219 e. The molecule has 5 aliphatic carbocycles. The Hall–Kier alpha value is 0.830. The number of halogens is 3. The maximum absolute atomic E-state index is 6.32. The van der Waals surface area contributed by atoms with Gasteiger partial charge in [0.2, 0.25) is 3.79 Å². The van der Waals surface area contributed by atoms with Gasteiger partial charge in [0.25, 0.3) is 0 Å². The first-order chi connectivity index (χ1) is 7.57. The lowest BCUT2D eigenvalue weighted by atomic mass is 9.57. The zero-order chi connectivity index (χ0) is 10.6. The van der Waals surface area contributed by atoms with E-state index in [1.54, 1.807) is 0 Å². The van der Waals surface area contributed by atoms with Gasteiger partial charge in [-0.25, -0.2) is 0 Å². The van der Waals surface area contributed by atoms with Crippen molar-refractivity contribution in [1.82, 2.24) is 0 Å². The van der Waals surface area contributed by atoms with Gasteiger partial charge in [-0.3, -0.25) is 0 Å². The van der Waals surface area contributed by atoms with Crippen LogP contribution in [0.3, 0.4) is 0 Å². The van der Waals surface area contributed by atoms with Gasteiger partial charge in [0.1, 0.15) is 5.60 Å². The Bertz CT molecular complexity index is 436. The average molecular weight is 278 g/mol. The van der Waals surface area contributed by atoms with Crippen molar-refractivity contribution in [2.45, 2.75) is 21.9 Å². The number of hydrogen-bond acceptors (Lipinski definition) is 1. The lowest BCUT2D eigenvalue weighted by Crippen LogP contribution is -2.54. The molecule has 0 aromatic heterocycles. The minimum Gasteiger partial charge on any atom is -0.366 e. The Kier molecular flexibility index (Phi) is 1.10. The van der Waals surface area contributed by atoms with Crippen LogP contribution in [0.5, 0.6) is 0 Å². The summed E-state index contributed by atoms with van der Waals surface area (Å²) in [6.07, 6.45) is 1.88. The molecule has 2 saturated heterocycles. The maximum atomic E-state index is 6.32. The summed E-state index contributed by atoms with van der Waals surface area (Å²) in [6.45, 7) is 0. The number of ether oxygens (including phenoxy) is 1. The van der Waals surface area contributed by atoms with Crippen LogP contribution in [-0.2, 0) is 4.74 Å². The van der Waals surface area contributed by atoms with E-state index in [1.165, 1.54) is 6.42 Å². The van der Waals surface area contributed by atoms with Crippen LogP contribution in [0.25, 0.3) is 0 Å². The Balaban J connectivity index is 1.71. The third kappa shape index (κ3) is 0.507. The van der Waals surface area contributed by atoms with Crippen LogP contribution >= 0.6 is 34.8 Å². The SMILES string of the molecule is ClC(Cl)(Cl)[C@]12O[C@H]3[C@H]4[C@H]5[C@@H]6C[C@H]([C@@H]5[C@H]41)[C@@H]2[C@@H]63. The van der Waals surface area contributed by atoms with Gasteiger partial charge >= 0.3 is 0 Å². The van der Waals surface area contributed by atoms with Crippen LogP contribution in [0.2, 0.25) is 0 Å². The van der Waals surface area contributed by atoms with Crippen molar-refractivity contribution in [3.8, 4) is 0 Å². The second kappa shape index (κ2) is 1.99. The van der Waals surface area contributed by atoms with E-state index in [1.807, 2.05) is 0 Å². The molecule has 16 heavy (non-hydrogen) atoms. The molecule has 0 amide bonds. The van der Waals surface area contributed by atoms with Crippen molar-refractivity contribution in [2.24, 2.45) is 47.3 Å². The molecule has 4 bridgehead atoms. The first-order valence-corrected chi connectivity index (χ1v) is 7.45. The molecule has 4 heteroatoms. The first-order valence-electron chi connectivity index (χ1n) is 6.32. The molecule has 10 atom stereocenters. The summed E-state index contributed by atoms with van der Waals surface area (Å²) in [5.41, 5.74) is -0.380. The Morgan fingerprint density at radius 3 is 2.50 bits per heavy atom. The minimum atomic E-state index is -1.21.